The van der Waals surface area contributed by atoms with Crippen molar-refractivity contribution in [3.8, 4) is 5.75 Å². The van der Waals surface area contributed by atoms with E-state index in [1.807, 2.05) is 48.5 Å². The average Bonchev–Trinajstić information content (AvgIpc) is 3.03. The second kappa shape index (κ2) is 14.4. The van der Waals surface area contributed by atoms with Gasteiger partial charge in [-0.2, -0.15) is 0 Å². The van der Waals surface area contributed by atoms with Gasteiger partial charge >= 0.3 is 5.97 Å². The van der Waals surface area contributed by atoms with Crippen molar-refractivity contribution in [1.29, 1.82) is 0 Å². The van der Waals surface area contributed by atoms with Gasteiger partial charge in [-0.15, -0.1) is 0 Å². The number of nitrogens with zero attached hydrogens (tertiary/aromatic N) is 1. The third-order valence-electron chi connectivity index (χ3n) is 7.15. The number of benzene rings is 4. The molecule has 11 heteroatoms. The SMILES string of the molecule is C[C@@H](NC(=O)c1cc(C(=O)OCC(N)(COc2ccccc2)Cc2ccccc2)cc(N(C)S(C)(=O)=O)c1)c1ccc(F)cc1. The zero-order valence-corrected chi connectivity index (χ0v) is 26.1. The van der Waals surface area contributed by atoms with Crippen molar-refractivity contribution in [3.05, 3.63) is 131 Å². The lowest BCUT2D eigenvalue weighted by Crippen LogP contribution is -2.52. The number of carbonyl (C=O) groups excluding carboxylic acids is 2. The Hall–Kier alpha value is -4.74. The highest BCUT2D eigenvalue weighted by molar-refractivity contribution is 7.92. The summed E-state index contributed by atoms with van der Waals surface area (Å²) in [7, 11) is -2.42. The van der Waals surface area contributed by atoms with Crippen LogP contribution < -0.4 is 20.1 Å². The molecule has 0 aromatic heterocycles. The van der Waals surface area contributed by atoms with E-state index in [1.165, 1.54) is 37.4 Å². The number of hydrogen-bond donors (Lipinski definition) is 2. The second-order valence-corrected chi connectivity index (χ2v) is 13.0. The molecule has 4 aromatic rings. The van der Waals surface area contributed by atoms with Crippen LogP contribution in [0.25, 0.3) is 0 Å². The summed E-state index contributed by atoms with van der Waals surface area (Å²) in [5, 5.41) is 2.80. The zero-order valence-electron chi connectivity index (χ0n) is 25.3. The Bertz CT molecular complexity index is 1720. The van der Waals surface area contributed by atoms with Crippen molar-refractivity contribution >= 4 is 27.6 Å². The van der Waals surface area contributed by atoms with Gasteiger partial charge < -0.3 is 20.5 Å². The molecule has 1 unspecified atom stereocenters. The molecular formula is C34H36FN3O6S. The van der Waals surface area contributed by atoms with Gasteiger partial charge in [0, 0.05) is 12.6 Å². The van der Waals surface area contributed by atoms with Gasteiger partial charge in [0.25, 0.3) is 5.91 Å². The van der Waals surface area contributed by atoms with E-state index in [9.17, 15) is 22.4 Å². The molecule has 2 atom stereocenters. The molecule has 4 rings (SSSR count). The van der Waals surface area contributed by atoms with Crippen LogP contribution in [0.15, 0.2) is 103 Å². The molecule has 0 saturated heterocycles. The lowest BCUT2D eigenvalue weighted by molar-refractivity contribution is 0.0348. The number of sulfonamides is 1. The Labute approximate surface area is 262 Å². The van der Waals surface area contributed by atoms with Crippen molar-refractivity contribution in [2.45, 2.75) is 24.9 Å². The van der Waals surface area contributed by atoms with E-state index in [-0.39, 0.29) is 30.0 Å². The molecule has 1 amide bonds. The Kier molecular flexibility index (Phi) is 10.6. The highest BCUT2D eigenvalue weighted by Gasteiger charge is 2.30. The molecule has 0 aliphatic rings. The number of ether oxygens (including phenoxy) is 2. The van der Waals surface area contributed by atoms with Crippen LogP contribution >= 0.6 is 0 Å². The smallest absolute Gasteiger partial charge is 0.338 e. The fourth-order valence-electron chi connectivity index (χ4n) is 4.53. The largest absolute Gasteiger partial charge is 0.492 e. The van der Waals surface area contributed by atoms with Crippen LogP contribution in [0.5, 0.6) is 5.75 Å². The Morgan fingerprint density at radius 3 is 2.13 bits per heavy atom. The maximum atomic E-state index is 13.4. The fourth-order valence-corrected chi connectivity index (χ4v) is 5.02. The van der Waals surface area contributed by atoms with Crippen LogP contribution in [0.1, 0.15) is 44.8 Å². The molecule has 9 nitrogen and oxygen atoms in total. The minimum absolute atomic E-state index is 0.0274. The van der Waals surface area contributed by atoms with Crippen LogP contribution in [0.4, 0.5) is 10.1 Å². The second-order valence-electron chi connectivity index (χ2n) is 10.9. The summed E-state index contributed by atoms with van der Waals surface area (Å²) in [6, 6.07) is 27.8. The first-order valence-electron chi connectivity index (χ1n) is 14.2. The van der Waals surface area contributed by atoms with E-state index in [0.717, 1.165) is 16.1 Å². The average molecular weight is 634 g/mol. The highest BCUT2D eigenvalue weighted by atomic mass is 32.2. The van der Waals surface area contributed by atoms with Gasteiger partial charge in [0.2, 0.25) is 10.0 Å². The van der Waals surface area contributed by atoms with Crippen molar-refractivity contribution < 1.29 is 31.9 Å². The maximum absolute atomic E-state index is 13.4. The summed E-state index contributed by atoms with van der Waals surface area (Å²) in [4.78, 5) is 26.7. The monoisotopic (exact) mass is 633 g/mol. The number of esters is 1. The van der Waals surface area contributed by atoms with E-state index in [4.69, 9.17) is 15.2 Å². The van der Waals surface area contributed by atoms with Crippen LogP contribution in [0.3, 0.4) is 0 Å². The Balaban J connectivity index is 1.58. The van der Waals surface area contributed by atoms with Gasteiger partial charge in [-0.05, 0) is 66.9 Å². The number of hydrogen-bond acceptors (Lipinski definition) is 7. The molecule has 0 aliphatic heterocycles. The molecule has 0 aliphatic carbocycles. The molecule has 45 heavy (non-hydrogen) atoms. The molecule has 3 N–H and O–H groups in total. The summed E-state index contributed by atoms with van der Waals surface area (Å²) in [6.07, 6.45) is 1.34. The summed E-state index contributed by atoms with van der Waals surface area (Å²) in [5.74, 6) is -1.18. The standard InChI is InChI=1S/C34H36FN3O6S/c1-24(26-14-16-29(35)17-15-26)37-32(39)27-18-28(20-30(19-27)38(2)45(3,41)42)33(40)44-23-34(36,21-25-10-6-4-7-11-25)22-43-31-12-8-5-9-13-31/h4-20,24H,21-23,36H2,1-3H3,(H,37,39)/t24-,34?/m1/s1. The number of nitrogens with one attached hydrogen (secondary N) is 1. The van der Waals surface area contributed by atoms with Crippen molar-refractivity contribution in [2.75, 3.05) is 30.8 Å². The first kappa shape index (κ1) is 33.2. The van der Waals surface area contributed by atoms with Gasteiger partial charge in [-0.1, -0.05) is 60.7 Å². The summed E-state index contributed by atoms with van der Waals surface area (Å²) in [5.41, 5.74) is 7.27. The van der Waals surface area contributed by atoms with Crippen LogP contribution in [-0.4, -0.2) is 52.4 Å². The summed E-state index contributed by atoms with van der Waals surface area (Å²) < 4.78 is 50.7. The fraction of sp³-hybridized carbons (Fsp3) is 0.235. The van der Waals surface area contributed by atoms with Crippen LogP contribution in [0.2, 0.25) is 0 Å². The molecule has 0 radical (unpaired) electrons. The molecule has 4 aromatic carbocycles. The number of anilines is 1. The van der Waals surface area contributed by atoms with E-state index >= 15 is 0 Å². The summed E-state index contributed by atoms with van der Waals surface area (Å²) in [6.45, 7) is 1.52. The van der Waals surface area contributed by atoms with Crippen molar-refractivity contribution in [2.24, 2.45) is 5.73 Å². The van der Waals surface area contributed by atoms with E-state index in [0.29, 0.717) is 17.7 Å². The van der Waals surface area contributed by atoms with Crippen molar-refractivity contribution in [3.63, 3.8) is 0 Å². The van der Waals surface area contributed by atoms with Crippen LogP contribution in [0, 0.1) is 5.82 Å². The van der Waals surface area contributed by atoms with Gasteiger partial charge in [-0.3, -0.25) is 9.10 Å². The lowest BCUT2D eigenvalue weighted by atomic mass is 9.93. The summed E-state index contributed by atoms with van der Waals surface area (Å²) >= 11 is 0. The molecule has 0 saturated carbocycles. The van der Waals surface area contributed by atoms with Gasteiger partial charge in [0.05, 0.1) is 29.1 Å². The first-order valence-corrected chi connectivity index (χ1v) is 16.0. The Morgan fingerprint density at radius 1 is 0.911 bits per heavy atom. The third-order valence-corrected chi connectivity index (χ3v) is 8.36. The minimum atomic E-state index is -3.74. The third kappa shape index (κ3) is 9.37. The number of para-hydroxylation sites is 1. The molecule has 236 valence electrons. The van der Waals surface area contributed by atoms with Gasteiger partial charge in [0.1, 0.15) is 24.8 Å². The molecular weight excluding hydrogens is 597 g/mol. The van der Waals surface area contributed by atoms with Gasteiger partial charge in [-0.25, -0.2) is 17.6 Å². The predicted molar refractivity (Wildman–Crippen MR) is 171 cm³/mol. The minimum Gasteiger partial charge on any atom is -0.492 e. The van der Waals surface area contributed by atoms with Gasteiger partial charge in [0.15, 0.2) is 0 Å². The van der Waals surface area contributed by atoms with E-state index in [2.05, 4.69) is 5.32 Å². The van der Waals surface area contributed by atoms with E-state index < -0.39 is 39.3 Å². The Morgan fingerprint density at radius 2 is 1.51 bits per heavy atom. The number of amides is 1. The predicted octanol–water partition coefficient (Wildman–Crippen LogP) is 4.89. The molecule has 0 bridgehead atoms. The lowest BCUT2D eigenvalue weighted by Gasteiger charge is -2.29. The van der Waals surface area contributed by atoms with Crippen molar-refractivity contribution in [1.82, 2.24) is 5.32 Å². The number of rotatable bonds is 13. The number of nitrogens with two attached hydrogens (primary N) is 1. The molecule has 0 fully saturated rings. The normalized spacial score (nSPS) is 13.3. The molecule has 0 heterocycles. The quantitative estimate of drug-likeness (QED) is 0.201. The number of halogens is 1. The first-order chi connectivity index (χ1) is 21.3. The van der Waals surface area contributed by atoms with Crippen LogP contribution in [-0.2, 0) is 21.2 Å². The maximum Gasteiger partial charge on any atom is 0.338 e. The highest BCUT2D eigenvalue weighted by Crippen LogP contribution is 2.24. The zero-order chi connectivity index (χ0) is 32.6. The van der Waals surface area contributed by atoms with E-state index in [1.54, 1.807) is 31.2 Å². The number of carbonyl (C=O) groups is 2. The molecule has 0 spiro atoms. The topological polar surface area (TPSA) is 128 Å².